The molecule has 118 valence electrons. The number of unbranched alkanes of at least 4 members (excludes halogenated alkanes) is 3. The molecule has 3 N–H and O–H groups in total. The summed E-state index contributed by atoms with van der Waals surface area (Å²) in [7, 11) is 0. The maximum absolute atomic E-state index is 10.6. The van der Waals surface area contributed by atoms with Crippen molar-refractivity contribution in [1.82, 2.24) is 0 Å². The third-order valence-electron chi connectivity index (χ3n) is 3.67. The fraction of sp³-hybridized carbons (Fsp3) is 0.867. The summed E-state index contributed by atoms with van der Waals surface area (Å²) in [5, 5.41) is 8.89. The summed E-state index contributed by atoms with van der Waals surface area (Å²) in [5.74, 6) is 0.189. The smallest absolute Gasteiger partial charge is 0.307 e. The van der Waals surface area contributed by atoms with Crippen molar-refractivity contribution in [3.05, 3.63) is 0 Å². The Bertz CT molecular complexity index is 297. The zero-order valence-electron chi connectivity index (χ0n) is 12.9. The Hall–Kier alpha value is -0.710. The second-order valence-electron chi connectivity index (χ2n) is 5.46. The van der Waals surface area contributed by atoms with Gasteiger partial charge in [-0.1, -0.05) is 46.5 Å². The molecule has 1 rings (SSSR count). The van der Waals surface area contributed by atoms with Gasteiger partial charge in [0.05, 0.1) is 5.92 Å². The minimum atomic E-state index is -0.632. The molecule has 0 aromatic carbocycles. The first-order chi connectivity index (χ1) is 9.40. The van der Waals surface area contributed by atoms with E-state index >= 15 is 0 Å². The fourth-order valence-electron chi connectivity index (χ4n) is 2.08. The van der Waals surface area contributed by atoms with Crippen LogP contribution in [0.15, 0.2) is 0 Å². The first-order valence-corrected chi connectivity index (χ1v) is 8.58. The van der Waals surface area contributed by atoms with Gasteiger partial charge in [-0.2, -0.15) is 11.8 Å². The summed E-state index contributed by atoms with van der Waals surface area (Å²) >= 11 is 1.75. The molecule has 5 heteroatoms. The molecule has 0 aromatic heterocycles. The van der Waals surface area contributed by atoms with Crippen LogP contribution in [0.1, 0.15) is 59.3 Å². The van der Waals surface area contributed by atoms with E-state index in [1.807, 2.05) is 13.8 Å². The first kappa shape index (κ1) is 19.3. The van der Waals surface area contributed by atoms with Crippen molar-refractivity contribution >= 4 is 23.6 Å². The van der Waals surface area contributed by atoms with Crippen LogP contribution in [0.25, 0.3) is 0 Å². The molecule has 1 amide bonds. The monoisotopic (exact) mass is 303 g/mol. The molecule has 3 atom stereocenters. The average molecular weight is 303 g/mol. The van der Waals surface area contributed by atoms with Crippen LogP contribution in [0, 0.1) is 11.8 Å². The molecule has 1 heterocycles. The van der Waals surface area contributed by atoms with E-state index in [0.717, 1.165) is 25.0 Å². The number of nitrogens with two attached hydrogens (primary N) is 1. The number of primary amides is 1. The number of rotatable bonds is 7. The lowest BCUT2D eigenvalue weighted by atomic mass is 10.0. The Kier molecular flexibility index (Phi) is 10.6. The molecular formula is C15H29NO3S. The van der Waals surface area contributed by atoms with Gasteiger partial charge in [-0.3, -0.25) is 9.59 Å². The second-order valence-corrected chi connectivity index (χ2v) is 6.95. The quantitative estimate of drug-likeness (QED) is 0.707. The Morgan fingerprint density at radius 1 is 1.35 bits per heavy atom. The van der Waals surface area contributed by atoms with Crippen molar-refractivity contribution in [2.45, 2.75) is 64.5 Å². The minimum absolute atomic E-state index is 0.0619. The topological polar surface area (TPSA) is 80.4 Å². The number of carboxylic acids is 1. The number of hydrogen-bond acceptors (Lipinski definition) is 3. The Balaban J connectivity index is 0.000000367. The molecule has 1 aliphatic rings. The van der Waals surface area contributed by atoms with E-state index in [-0.39, 0.29) is 17.7 Å². The van der Waals surface area contributed by atoms with Crippen LogP contribution in [0.2, 0.25) is 0 Å². The van der Waals surface area contributed by atoms with Gasteiger partial charge in [0.2, 0.25) is 5.91 Å². The van der Waals surface area contributed by atoms with Crippen molar-refractivity contribution in [2.75, 3.05) is 5.75 Å². The van der Waals surface area contributed by atoms with E-state index in [2.05, 4.69) is 6.92 Å². The van der Waals surface area contributed by atoms with E-state index in [1.54, 1.807) is 11.8 Å². The van der Waals surface area contributed by atoms with Crippen molar-refractivity contribution in [3.8, 4) is 0 Å². The molecule has 0 bridgehead atoms. The van der Waals surface area contributed by atoms with Crippen molar-refractivity contribution < 1.29 is 14.7 Å². The largest absolute Gasteiger partial charge is 0.481 e. The van der Waals surface area contributed by atoms with Gasteiger partial charge >= 0.3 is 5.97 Å². The maximum Gasteiger partial charge on any atom is 0.307 e. The highest BCUT2D eigenvalue weighted by Gasteiger charge is 2.29. The molecule has 1 saturated heterocycles. The van der Waals surface area contributed by atoms with E-state index in [0.29, 0.717) is 5.25 Å². The molecule has 4 nitrogen and oxygen atoms in total. The van der Waals surface area contributed by atoms with Crippen LogP contribution in [0.3, 0.4) is 0 Å². The minimum Gasteiger partial charge on any atom is -0.481 e. The van der Waals surface area contributed by atoms with Crippen LogP contribution < -0.4 is 5.73 Å². The van der Waals surface area contributed by atoms with Gasteiger partial charge in [0.1, 0.15) is 0 Å². The predicted molar refractivity (Wildman–Crippen MR) is 84.8 cm³/mol. The number of amides is 1. The van der Waals surface area contributed by atoms with Gasteiger partial charge < -0.3 is 10.8 Å². The zero-order valence-corrected chi connectivity index (χ0v) is 13.7. The predicted octanol–water partition coefficient (Wildman–Crippen LogP) is 3.29. The molecular weight excluding hydrogens is 274 g/mol. The number of thioether (sulfide) groups is 1. The summed E-state index contributed by atoms with van der Waals surface area (Å²) < 4.78 is 0. The zero-order chi connectivity index (χ0) is 15.5. The summed E-state index contributed by atoms with van der Waals surface area (Å²) in [6.07, 6.45) is 6.68. The average Bonchev–Trinajstić information content (AvgIpc) is 2.81. The van der Waals surface area contributed by atoms with Gasteiger partial charge in [-0.15, -0.1) is 0 Å². The number of aliphatic carboxylic acids is 1. The van der Waals surface area contributed by atoms with Crippen molar-refractivity contribution in [2.24, 2.45) is 17.6 Å². The fourth-order valence-corrected chi connectivity index (χ4v) is 3.32. The van der Waals surface area contributed by atoms with Crippen LogP contribution in [-0.2, 0) is 9.59 Å². The van der Waals surface area contributed by atoms with E-state index in [9.17, 15) is 9.59 Å². The molecule has 20 heavy (non-hydrogen) atoms. The molecule has 0 aliphatic carbocycles. The molecule has 0 aromatic rings. The number of hydrogen-bond donors (Lipinski definition) is 2. The third-order valence-corrected chi connectivity index (χ3v) is 5.00. The summed E-state index contributed by atoms with van der Waals surface area (Å²) in [5.41, 5.74) is 5.11. The molecule has 0 saturated carbocycles. The molecule has 1 aliphatic heterocycles. The normalized spacial score (nSPS) is 22.8. The summed E-state index contributed by atoms with van der Waals surface area (Å²) in [6, 6.07) is 0. The van der Waals surface area contributed by atoms with Gasteiger partial charge in [-0.25, -0.2) is 0 Å². The van der Waals surface area contributed by atoms with Crippen LogP contribution in [0.5, 0.6) is 0 Å². The molecule has 1 fully saturated rings. The first-order valence-electron chi connectivity index (χ1n) is 7.53. The van der Waals surface area contributed by atoms with Crippen LogP contribution in [-0.4, -0.2) is 28.0 Å². The maximum atomic E-state index is 10.6. The van der Waals surface area contributed by atoms with Crippen LogP contribution in [0.4, 0.5) is 0 Å². The highest BCUT2D eigenvalue weighted by molar-refractivity contribution is 8.00. The molecule has 3 unspecified atom stereocenters. The van der Waals surface area contributed by atoms with Gasteiger partial charge in [-0.05, 0) is 18.6 Å². The lowest BCUT2D eigenvalue weighted by Gasteiger charge is -2.06. The molecule has 0 radical (unpaired) electrons. The lowest BCUT2D eigenvalue weighted by Crippen LogP contribution is -2.20. The van der Waals surface area contributed by atoms with Gasteiger partial charge in [0, 0.05) is 11.2 Å². The van der Waals surface area contributed by atoms with Crippen molar-refractivity contribution in [3.63, 3.8) is 0 Å². The van der Waals surface area contributed by atoms with Crippen LogP contribution >= 0.6 is 11.8 Å². The van der Waals surface area contributed by atoms with E-state index < -0.39 is 5.97 Å². The Labute approximate surface area is 126 Å². The highest BCUT2D eigenvalue weighted by atomic mass is 32.2. The van der Waals surface area contributed by atoms with E-state index in [1.165, 1.54) is 19.3 Å². The third kappa shape index (κ3) is 8.46. The van der Waals surface area contributed by atoms with E-state index in [4.69, 9.17) is 10.8 Å². The van der Waals surface area contributed by atoms with Gasteiger partial charge in [0.25, 0.3) is 0 Å². The summed E-state index contributed by atoms with van der Waals surface area (Å²) in [6.45, 7) is 6.06. The number of carbonyl (C=O) groups excluding carboxylic acids is 1. The number of carboxylic acid groups (broad SMARTS) is 1. The number of carbonyl (C=O) groups is 2. The lowest BCUT2D eigenvalue weighted by molar-refractivity contribution is -0.141. The second kappa shape index (κ2) is 11.0. The highest BCUT2D eigenvalue weighted by Crippen LogP contribution is 2.31. The summed E-state index contributed by atoms with van der Waals surface area (Å²) in [4.78, 5) is 21.0. The van der Waals surface area contributed by atoms with Gasteiger partial charge in [0.15, 0.2) is 0 Å². The van der Waals surface area contributed by atoms with Crippen molar-refractivity contribution in [1.29, 1.82) is 0 Å². The Morgan fingerprint density at radius 2 is 2.00 bits per heavy atom. The Morgan fingerprint density at radius 3 is 2.35 bits per heavy atom. The standard InChI is InChI=1S/C9H19NO.C6H10O2S/c1-3-4-5-6-7-8(2)9(10)11;1-4-5(6(7)8)2-3-9-4/h8H,3-7H2,1-2H3,(H2,10,11);4-5H,2-3H2,1H3,(H,7,8). The SMILES string of the molecule is CC1SCCC1C(=O)O.CCCCCCC(C)C(N)=O. The molecule has 0 spiro atoms.